The van der Waals surface area contributed by atoms with Crippen molar-refractivity contribution in [3.8, 4) is 0 Å². The van der Waals surface area contributed by atoms with E-state index in [0.717, 1.165) is 12.0 Å². The maximum Gasteiger partial charge on any atom is 0.312 e. The van der Waals surface area contributed by atoms with E-state index in [9.17, 15) is 19.5 Å². The van der Waals surface area contributed by atoms with Gasteiger partial charge in [0.2, 0.25) is 11.8 Å². The summed E-state index contributed by atoms with van der Waals surface area (Å²) >= 11 is 0. The van der Waals surface area contributed by atoms with E-state index >= 15 is 0 Å². The molecular formula is C28H36N2O6. The molecule has 3 saturated heterocycles. The molecule has 6 atom stereocenters. The van der Waals surface area contributed by atoms with Crippen molar-refractivity contribution >= 4 is 17.8 Å². The number of fused-ring (bicyclic) bond motifs is 1. The van der Waals surface area contributed by atoms with Crippen molar-refractivity contribution in [2.45, 2.75) is 62.9 Å². The van der Waals surface area contributed by atoms with E-state index in [1.807, 2.05) is 30.3 Å². The van der Waals surface area contributed by atoms with Gasteiger partial charge in [0.05, 0.1) is 37.2 Å². The molecule has 0 aliphatic carbocycles. The van der Waals surface area contributed by atoms with Crippen LogP contribution in [0.3, 0.4) is 0 Å². The Balaban J connectivity index is 1.66. The number of carbonyl (C=O) groups is 3. The highest BCUT2D eigenvalue weighted by Crippen LogP contribution is 2.59. The van der Waals surface area contributed by atoms with E-state index in [4.69, 9.17) is 9.47 Å². The molecular weight excluding hydrogens is 460 g/mol. The van der Waals surface area contributed by atoms with Crippen LogP contribution < -0.4 is 0 Å². The van der Waals surface area contributed by atoms with Gasteiger partial charge in [-0.3, -0.25) is 14.4 Å². The summed E-state index contributed by atoms with van der Waals surface area (Å²) < 4.78 is 11.9. The first-order valence-corrected chi connectivity index (χ1v) is 12.7. The van der Waals surface area contributed by atoms with E-state index in [1.54, 1.807) is 24.0 Å². The molecule has 0 radical (unpaired) electrons. The van der Waals surface area contributed by atoms with Crippen LogP contribution in [0.15, 0.2) is 55.6 Å². The Bertz CT molecular complexity index is 997. The Morgan fingerprint density at radius 3 is 2.72 bits per heavy atom. The molecule has 36 heavy (non-hydrogen) atoms. The molecule has 2 amide bonds. The summed E-state index contributed by atoms with van der Waals surface area (Å²) in [6.07, 6.45) is 5.40. The third kappa shape index (κ3) is 4.48. The van der Waals surface area contributed by atoms with Gasteiger partial charge in [-0.25, -0.2) is 0 Å². The second-order valence-corrected chi connectivity index (χ2v) is 9.92. The summed E-state index contributed by atoms with van der Waals surface area (Å²) in [6, 6.07) is 8.06. The van der Waals surface area contributed by atoms with Crippen molar-refractivity contribution in [2.75, 3.05) is 19.8 Å². The largest absolute Gasteiger partial charge is 0.465 e. The Hall–Kier alpha value is -2.97. The number of rotatable bonds is 12. The number of aliphatic hydroxyl groups excluding tert-OH is 1. The van der Waals surface area contributed by atoms with Gasteiger partial charge in [0.25, 0.3) is 0 Å². The number of hydrogen-bond donors (Lipinski definition) is 1. The van der Waals surface area contributed by atoms with Crippen molar-refractivity contribution < 1.29 is 29.0 Å². The highest BCUT2D eigenvalue weighted by atomic mass is 16.6. The predicted octanol–water partition coefficient (Wildman–Crippen LogP) is 2.47. The topological polar surface area (TPSA) is 96.4 Å². The van der Waals surface area contributed by atoms with Crippen molar-refractivity contribution in [1.29, 1.82) is 0 Å². The molecule has 3 aliphatic heterocycles. The molecule has 1 aromatic rings. The highest BCUT2D eigenvalue weighted by Gasteiger charge is 2.75. The monoisotopic (exact) mass is 496 g/mol. The number of benzene rings is 1. The number of unbranched alkanes of at least 4 members (excludes halogenated alkanes) is 1. The van der Waals surface area contributed by atoms with E-state index < -0.39 is 41.6 Å². The van der Waals surface area contributed by atoms with Crippen molar-refractivity contribution in [1.82, 2.24) is 9.80 Å². The minimum absolute atomic E-state index is 0.241. The zero-order valence-electron chi connectivity index (χ0n) is 20.9. The summed E-state index contributed by atoms with van der Waals surface area (Å²) in [5.41, 5.74) is -0.172. The zero-order chi connectivity index (χ0) is 25.9. The standard InChI is InChI=1S/C28H36N2O6/c1-4-6-10-16-35-27(34)22-21-13-14-28(36-21)23(22)25(32)30(19(3)18-31)24(28)26(33)29(15-5-2)17-20-11-8-7-9-12-20/h4-5,7-9,11-12,19,21-24,31H,1-2,6,10,13-18H2,3H3/t19-,21+,22-,23+,24?,28?/m1/s1. The quantitative estimate of drug-likeness (QED) is 0.271. The maximum absolute atomic E-state index is 14.2. The van der Waals surface area contributed by atoms with Crippen molar-refractivity contribution in [2.24, 2.45) is 11.8 Å². The average molecular weight is 497 g/mol. The fraction of sp³-hybridized carbons (Fsp3) is 0.536. The summed E-state index contributed by atoms with van der Waals surface area (Å²) in [4.78, 5) is 44.2. The predicted molar refractivity (Wildman–Crippen MR) is 133 cm³/mol. The molecule has 1 spiro atoms. The second-order valence-electron chi connectivity index (χ2n) is 9.92. The number of allylic oxidation sites excluding steroid dienone is 1. The summed E-state index contributed by atoms with van der Waals surface area (Å²) in [7, 11) is 0. The smallest absolute Gasteiger partial charge is 0.312 e. The van der Waals surface area contributed by atoms with Gasteiger partial charge in [-0.1, -0.05) is 42.5 Å². The third-order valence-electron chi connectivity index (χ3n) is 7.66. The molecule has 0 saturated carbocycles. The Kier molecular flexibility index (Phi) is 7.95. The van der Waals surface area contributed by atoms with Crippen LogP contribution in [0.2, 0.25) is 0 Å². The summed E-state index contributed by atoms with van der Waals surface area (Å²) in [6.45, 7) is 9.77. The molecule has 3 fully saturated rings. The number of nitrogens with zero attached hydrogens (tertiary/aromatic N) is 2. The normalized spacial score (nSPS) is 29.1. The zero-order valence-corrected chi connectivity index (χ0v) is 20.9. The van der Waals surface area contributed by atoms with Gasteiger partial charge in [0.15, 0.2) is 0 Å². The van der Waals surface area contributed by atoms with Gasteiger partial charge in [0.1, 0.15) is 11.6 Å². The number of hydrogen-bond acceptors (Lipinski definition) is 6. The van der Waals surface area contributed by atoms with Gasteiger partial charge in [-0.2, -0.15) is 0 Å². The van der Waals surface area contributed by atoms with Crippen LogP contribution in [0.25, 0.3) is 0 Å². The third-order valence-corrected chi connectivity index (χ3v) is 7.66. The minimum atomic E-state index is -1.12. The molecule has 8 heteroatoms. The van der Waals surface area contributed by atoms with E-state index in [1.165, 1.54) is 4.90 Å². The van der Waals surface area contributed by atoms with Crippen LogP contribution in [0, 0.1) is 11.8 Å². The Labute approximate surface area is 212 Å². The highest BCUT2D eigenvalue weighted by molar-refractivity contribution is 5.98. The molecule has 1 aromatic carbocycles. The molecule has 1 N–H and O–H groups in total. The van der Waals surface area contributed by atoms with Gasteiger partial charge < -0.3 is 24.4 Å². The van der Waals surface area contributed by atoms with Crippen LogP contribution in [0.1, 0.15) is 38.2 Å². The number of likely N-dealkylation sites (tertiary alicyclic amines) is 1. The molecule has 3 aliphatic rings. The first kappa shape index (κ1) is 26.1. The lowest BCUT2D eigenvalue weighted by atomic mass is 9.70. The first-order valence-electron chi connectivity index (χ1n) is 12.7. The molecule has 194 valence electrons. The lowest BCUT2D eigenvalue weighted by Crippen LogP contribution is -2.58. The van der Waals surface area contributed by atoms with Gasteiger partial charge >= 0.3 is 5.97 Å². The number of carbonyl (C=O) groups excluding carboxylic acids is 3. The van der Waals surface area contributed by atoms with E-state index in [0.29, 0.717) is 32.4 Å². The molecule has 8 nitrogen and oxygen atoms in total. The second kappa shape index (κ2) is 11.0. The van der Waals surface area contributed by atoms with E-state index in [2.05, 4.69) is 13.2 Å². The molecule has 4 rings (SSSR count). The fourth-order valence-electron chi connectivity index (χ4n) is 6.06. The van der Waals surface area contributed by atoms with Crippen LogP contribution >= 0.6 is 0 Å². The van der Waals surface area contributed by atoms with Gasteiger partial charge in [-0.15, -0.1) is 13.2 Å². The molecule has 3 heterocycles. The molecule has 0 aromatic heterocycles. The van der Waals surface area contributed by atoms with Crippen LogP contribution in [0.5, 0.6) is 0 Å². The Morgan fingerprint density at radius 1 is 1.31 bits per heavy atom. The number of aliphatic hydroxyl groups is 1. The van der Waals surface area contributed by atoms with Gasteiger partial charge in [-0.05, 0) is 38.2 Å². The van der Waals surface area contributed by atoms with Crippen LogP contribution in [-0.4, -0.2) is 76.2 Å². The number of esters is 1. The molecule has 2 unspecified atom stereocenters. The first-order chi connectivity index (χ1) is 17.4. The van der Waals surface area contributed by atoms with Crippen molar-refractivity contribution in [3.05, 3.63) is 61.2 Å². The van der Waals surface area contributed by atoms with E-state index in [-0.39, 0.29) is 25.0 Å². The molecule has 2 bridgehead atoms. The summed E-state index contributed by atoms with van der Waals surface area (Å²) in [5, 5.41) is 9.99. The number of amides is 2. The Morgan fingerprint density at radius 2 is 2.06 bits per heavy atom. The summed E-state index contributed by atoms with van der Waals surface area (Å²) in [5.74, 6) is -2.63. The van der Waals surface area contributed by atoms with Crippen LogP contribution in [-0.2, 0) is 30.4 Å². The minimum Gasteiger partial charge on any atom is -0.465 e. The SMILES string of the molecule is C=CCCCOC(=O)[C@@H]1[C@@H]2CCC3(O2)C(C(=O)N(CC=C)Cc2ccccc2)N([C@H](C)CO)C(=O)[C@H]13. The lowest BCUT2D eigenvalue weighted by Gasteiger charge is -2.38. The number of ether oxygens (including phenoxy) is 2. The fourth-order valence-corrected chi connectivity index (χ4v) is 6.06. The lowest BCUT2D eigenvalue weighted by molar-refractivity contribution is -0.156. The average Bonchev–Trinajstić information content (AvgIpc) is 3.53. The maximum atomic E-state index is 14.2. The van der Waals surface area contributed by atoms with Gasteiger partial charge in [0, 0.05) is 13.1 Å². The van der Waals surface area contributed by atoms with Crippen LogP contribution in [0.4, 0.5) is 0 Å². The van der Waals surface area contributed by atoms with Crippen molar-refractivity contribution in [3.63, 3.8) is 0 Å².